The van der Waals surface area contributed by atoms with Crippen LogP contribution in [0.5, 0.6) is 0 Å². The minimum Gasteiger partial charge on any atom is -0.465 e. The first-order chi connectivity index (χ1) is 17.0. The maximum absolute atomic E-state index is 12.5. The number of amides is 1. The maximum atomic E-state index is 12.5. The minimum atomic E-state index is -0.891. The van der Waals surface area contributed by atoms with Gasteiger partial charge in [0.05, 0.1) is 30.5 Å². The summed E-state index contributed by atoms with van der Waals surface area (Å²) in [5.41, 5.74) is 3.71. The van der Waals surface area contributed by atoms with Gasteiger partial charge in [-0.25, -0.2) is 19.4 Å². The second-order valence-corrected chi connectivity index (χ2v) is 8.34. The average molecular weight is 473 g/mol. The Morgan fingerprint density at radius 3 is 2.49 bits per heavy atom. The summed E-state index contributed by atoms with van der Waals surface area (Å²) in [6, 6.07) is 9.26. The van der Waals surface area contributed by atoms with Gasteiger partial charge >= 0.3 is 6.09 Å². The molecule has 4 heterocycles. The Labute approximate surface area is 200 Å². The van der Waals surface area contributed by atoms with E-state index in [1.54, 1.807) is 34.2 Å². The highest BCUT2D eigenvalue weighted by Crippen LogP contribution is 2.21. The van der Waals surface area contributed by atoms with Crippen LogP contribution in [0.25, 0.3) is 17.1 Å². The van der Waals surface area contributed by atoms with E-state index < -0.39 is 6.09 Å². The molecule has 0 spiro atoms. The number of hydrogen-bond donors (Lipinski definition) is 1. The van der Waals surface area contributed by atoms with Gasteiger partial charge in [0.25, 0.3) is 0 Å². The third-order valence-corrected chi connectivity index (χ3v) is 5.95. The second-order valence-electron chi connectivity index (χ2n) is 8.34. The van der Waals surface area contributed by atoms with Crippen LogP contribution in [0.2, 0.25) is 0 Å². The third kappa shape index (κ3) is 4.88. The molecule has 178 valence electrons. The highest BCUT2D eigenvalue weighted by atomic mass is 16.4. The number of aromatic nitrogens is 6. The first-order valence-electron chi connectivity index (χ1n) is 11.2. The summed E-state index contributed by atoms with van der Waals surface area (Å²) in [5, 5.41) is 17.8. The van der Waals surface area contributed by atoms with Crippen molar-refractivity contribution in [3.05, 3.63) is 82.8 Å². The van der Waals surface area contributed by atoms with E-state index in [-0.39, 0.29) is 5.43 Å². The van der Waals surface area contributed by atoms with Gasteiger partial charge in [-0.3, -0.25) is 9.48 Å². The Kier molecular flexibility index (Phi) is 5.96. The van der Waals surface area contributed by atoms with Crippen LogP contribution in [-0.2, 0) is 13.5 Å². The number of carboxylic acid groups (broad SMARTS) is 1. The van der Waals surface area contributed by atoms with Gasteiger partial charge in [0.1, 0.15) is 11.4 Å². The van der Waals surface area contributed by atoms with Gasteiger partial charge in [-0.1, -0.05) is 18.2 Å². The van der Waals surface area contributed by atoms with Crippen molar-refractivity contribution in [1.29, 1.82) is 0 Å². The predicted octanol–water partition coefficient (Wildman–Crippen LogP) is 1.81. The van der Waals surface area contributed by atoms with Crippen molar-refractivity contribution in [2.24, 2.45) is 7.05 Å². The number of rotatable bonds is 5. The van der Waals surface area contributed by atoms with Crippen LogP contribution < -0.4 is 10.3 Å². The predicted molar refractivity (Wildman–Crippen MR) is 129 cm³/mol. The van der Waals surface area contributed by atoms with Gasteiger partial charge in [0.15, 0.2) is 5.82 Å². The van der Waals surface area contributed by atoms with E-state index in [9.17, 15) is 9.59 Å². The number of nitrogens with zero attached hydrogens (tertiary/aromatic N) is 8. The number of aryl methyl sites for hydroxylation is 1. The van der Waals surface area contributed by atoms with Crippen molar-refractivity contribution in [2.75, 3.05) is 31.1 Å². The van der Waals surface area contributed by atoms with Gasteiger partial charge in [0, 0.05) is 57.5 Å². The molecule has 1 aromatic carbocycles. The minimum absolute atomic E-state index is 0.126. The van der Waals surface area contributed by atoms with Crippen molar-refractivity contribution < 1.29 is 9.90 Å². The van der Waals surface area contributed by atoms with Gasteiger partial charge in [0.2, 0.25) is 5.43 Å². The van der Waals surface area contributed by atoms with Crippen molar-refractivity contribution in [1.82, 2.24) is 34.4 Å². The fourth-order valence-electron chi connectivity index (χ4n) is 4.04. The van der Waals surface area contributed by atoms with E-state index in [0.29, 0.717) is 44.1 Å². The molecule has 0 bridgehead atoms. The molecule has 35 heavy (non-hydrogen) atoms. The number of hydrogen-bond acceptors (Lipinski definition) is 7. The Morgan fingerprint density at radius 1 is 1.03 bits per heavy atom. The summed E-state index contributed by atoms with van der Waals surface area (Å²) in [6.45, 7) is 2.11. The summed E-state index contributed by atoms with van der Waals surface area (Å²) in [5.74, 6) is 0.577. The average Bonchev–Trinajstić information content (AvgIpc) is 3.32. The van der Waals surface area contributed by atoms with Crippen LogP contribution in [0.1, 0.15) is 11.3 Å². The molecule has 1 amide bonds. The molecule has 11 nitrogen and oxygen atoms in total. The topological polar surface area (TPSA) is 122 Å². The van der Waals surface area contributed by atoms with Crippen LogP contribution in [-0.4, -0.2) is 71.8 Å². The fourth-order valence-corrected chi connectivity index (χ4v) is 4.04. The van der Waals surface area contributed by atoms with E-state index >= 15 is 0 Å². The summed E-state index contributed by atoms with van der Waals surface area (Å²) >= 11 is 0. The molecule has 5 rings (SSSR count). The molecule has 0 atom stereocenters. The van der Waals surface area contributed by atoms with Crippen LogP contribution in [0, 0.1) is 0 Å². The SMILES string of the molecule is Cn1cc(-n2ccc(=O)c(Cc3cccc(-c4ncc(N5CCN(C(=O)O)CC5)cn4)c3)n2)cn1. The van der Waals surface area contributed by atoms with Crippen molar-refractivity contribution in [2.45, 2.75) is 6.42 Å². The Bertz CT molecular complexity index is 1400. The smallest absolute Gasteiger partial charge is 0.407 e. The van der Waals surface area contributed by atoms with Crippen molar-refractivity contribution in [3.8, 4) is 17.1 Å². The molecule has 1 N–H and O–H groups in total. The van der Waals surface area contributed by atoms with Crippen LogP contribution in [0.3, 0.4) is 0 Å². The highest BCUT2D eigenvalue weighted by Gasteiger charge is 2.21. The lowest BCUT2D eigenvalue weighted by atomic mass is 10.1. The molecule has 11 heteroatoms. The molecule has 0 radical (unpaired) electrons. The zero-order chi connectivity index (χ0) is 24.4. The van der Waals surface area contributed by atoms with Gasteiger partial charge < -0.3 is 14.9 Å². The molecule has 1 saturated heterocycles. The number of piperazine rings is 1. The zero-order valence-corrected chi connectivity index (χ0v) is 19.2. The van der Waals surface area contributed by atoms with E-state index in [1.807, 2.05) is 37.5 Å². The molecule has 1 fully saturated rings. The number of benzene rings is 1. The van der Waals surface area contributed by atoms with Crippen LogP contribution in [0.15, 0.2) is 66.1 Å². The quantitative estimate of drug-likeness (QED) is 0.467. The standard InChI is InChI=1S/C24H24N8O3/c1-29-16-20(15-27-29)32-6-5-22(33)21(28-32)12-17-3-2-4-18(11-17)23-25-13-19(14-26-23)30-7-9-31(10-8-30)24(34)35/h2-6,11,13-16H,7-10,12H2,1H3,(H,34,35). The third-order valence-electron chi connectivity index (χ3n) is 5.95. The molecule has 3 aromatic heterocycles. The molecule has 0 aliphatic carbocycles. The fraction of sp³-hybridized carbons (Fsp3) is 0.250. The summed E-state index contributed by atoms with van der Waals surface area (Å²) < 4.78 is 3.32. The molecule has 4 aromatic rings. The van der Waals surface area contributed by atoms with E-state index in [0.717, 1.165) is 22.5 Å². The number of carbonyl (C=O) groups is 1. The summed E-state index contributed by atoms with van der Waals surface area (Å²) in [7, 11) is 1.83. The first-order valence-corrected chi connectivity index (χ1v) is 11.2. The maximum Gasteiger partial charge on any atom is 0.407 e. The first kappa shape index (κ1) is 22.3. The highest BCUT2D eigenvalue weighted by molar-refractivity contribution is 5.65. The molecule has 0 saturated carbocycles. The Morgan fingerprint density at radius 2 is 1.80 bits per heavy atom. The number of anilines is 1. The zero-order valence-electron chi connectivity index (χ0n) is 19.2. The molecule has 0 unspecified atom stereocenters. The van der Waals surface area contributed by atoms with Crippen LogP contribution in [0.4, 0.5) is 10.5 Å². The largest absolute Gasteiger partial charge is 0.465 e. The molecule has 1 aliphatic heterocycles. The van der Waals surface area contributed by atoms with Crippen molar-refractivity contribution >= 4 is 11.8 Å². The summed E-state index contributed by atoms with van der Waals surface area (Å²) in [4.78, 5) is 36.1. The Balaban J connectivity index is 1.32. The van der Waals surface area contributed by atoms with E-state index in [2.05, 4.69) is 25.1 Å². The van der Waals surface area contributed by atoms with E-state index in [1.165, 1.54) is 11.0 Å². The normalized spacial score (nSPS) is 13.7. The second kappa shape index (κ2) is 9.37. The lowest BCUT2D eigenvalue weighted by Crippen LogP contribution is -2.48. The van der Waals surface area contributed by atoms with Gasteiger partial charge in [-0.05, 0) is 11.6 Å². The Hall–Kier alpha value is -4.54. The summed E-state index contributed by atoms with van der Waals surface area (Å²) in [6.07, 6.45) is 8.16. The van der Waals surface area contributed by atoms with E-state index in [4.69, 9.17) is 5.11 Å². The lowest BCUT2D eigenvalue weighted by Gasteiger charge is -2.34. The molecular weight excluding hydrogens is 448 g/mol. The van der Waals surface area contributed by atoms with Crippen LogP contribution >= 0.6 is 0 Å². The molecular formula is C24H24N8O3. The van der Waals surface area contributed by atoms with Gasteiger partial charge in [-0.15, -0.1) is 0 Å². The van der Waals surface area contributed by atoms with Crippen molar-refractivity contribution in [3.63, 3.8) is 0 Å². The monoisotopic (exact) mass is 472 g/mol. The van der Waals surface area contributed by atoms with Gasteiger partial charge in [-0.2, -0.15) is 10.2 Å². The molecule has 1 aliphatic rings. The lowest BCUT2D eigenvalue weighted by molar-refractivity contribution is 0.142.